The number of halogens is 2. The summed E-state index contributed by atoms with van der Waals surface area (Å²) in [4.78, 5) is 14.9. The third-order valence-corrected chi connectivity index (χ3v) is 6.77. The van der Waals surface area contributed by atoms with Crippen molar-refractivity contribution >= 4 is 56.8 Å². The number of amidine groups is 1. The van der Waals surface area contributed by atoms with Gasteiger partial charge in [-0.05, 0) is 37.3 Å². The molecule has 1 aliphatic heterocycles. The van der Waals surface area contributed by atoms with Crippen LogP contribution in [0.15, 0.2) is 117 Å². The highest BCUT2D eigenvalue weighted by Crippen LogP contribution is 2.32. The molecule has 0 amide bonds. The number of fused-ring (bicyclic) bond motifs is 1. The summed E-state index contributed by atoms with van der Waals surface area (Å²) in [5.41, 5.74) is 9.17. The van der Waals surface area contributed by atoms with Gasteiger partial charge in [0.2, 0.25) is 0 Å². The molecule has 186 valence electrons. The summed E-state index contributed by atoms with van der Waals surface area (Å²) in [6, 6.07) is 16.9. The van der Waals surface area contributed by atoms with Crippen molar-refractivity contribution in [1.29, 1.82) is 0 Å². The van der Waals surface area contributed by atoms with Crippen molar-refractivity contribution in [2.75, 3.05) is 5.88 Å². The van der Waals surface area contributed by atoms with Crippen molar-refractivity contribution in [2.24, 2.45) is 15.7 Å². The smallest absolute Gasteiger partial charge is 0.158 e. The predicted octanol–water partition coefficient (Wildman–Crippen LogP) is 7.61. The van der Waals surface area contributed by atoms with Gasteiger partial charge in [-0.25, -0.2) is 14.4 Å². The number of pyridine rings is 1. The Morgan fingerprint density at radius 3 is 2.73 bits per heavy atom. The summed E-state index contributed by atoms with van der Waals surface area (Å²) in [6.07, 6.45) is 11.2. The predicted molar refractivity (Wildman–Crippen MR) is 160 cm³/mol. The van der Waals surface area contributed by atoms with E-state index in [2.05, 4.69) is 37.6 Å². The van der Waals surface area contributed by atoms with E-state index in [9.17, 15) is 0 Å². The fourth-order valence-electron chi connectivity index (χ4n) is 3.76. The number of aliphatic imine (C=N–C) groups is 2. The van der Waals surface area contributed by atoms with E-state index >= 15 is 4.39 Å². The van der Waals surface area contributed by atoms with E-state index in [1.807, 2.05) is 90.1 Å². The van der Waals surface area contributed by atoms with Crippen molar-refractivity contribution < 1.29 is 4.39 Å². The minimum Gasteiger partial charge on any atom is -0.382 e. The molecule has 2 aromatic carbocycles. The van der Waals surface area contributed by atoms with Gasteiger partial charge >= 0.3 is 0 Å². The summed E-state index contributed by atoms with van der Waals surface area (Å²) in [6.45, 7) is 5.67. The third kappa shape index (κ3) is 6.15. The fraction of sp³-hybridized carbons (Fsp3) is 0.0690. The van der Waals surface area contributed by atoms with Crippen LogP contribution in [0.2, 0.25) is 0 Å². The second-order valence-corrected chi connectivity index (χ2v) is 9.65. The fourth-order valence-corrected chi connectivity index (χ4v) is 4.83. The maximum atomic E-state index is 16.0. The lowest BCUT2D eigenvalue weighted by Gasteiger charge is -2.26. The molecule has 0 unspecified atom stereocenters. The van der Waals surface area contributed by atoms with E-state index in [0.717, 1.165) is 10.0 Å². The molecule has 4 rings (SSSR count). The lowest BCUT2D eigenvalue weighted by Crippen LogP contribution is -2.31. The van der Waals surface area contributed by atoms with Gasteiger partial charge in [0, 0.05) is 33.4 Å². The zero-order chi connectivity index (χ0) is 26.2. The summed E-state index contributed by atoms with van der Waals surface area (Å²) >= 11 is 5.02. The second kappa shape index (κ2) is 12.5. The van der Waals surface area contributed by atoms with Crippen molar-refractivity contribution in [3.05, 3.63) is 118 Å². The van der Waals surface area contributed by atoms with Gasteiger partial charge < -0.3 is 10.6 Å². The highest BCUT2D eigenvalue weighted by atomic mass is 79.9. The molecule has 8 heteroatoms. The van der Waals surface area contributed by atoms with Gasteiger partial charge in [-0.1, -0.05) is 76.6 Å². The Morgan fingerprint density at radius 1 is 1.19 bits per heavy atom. The van der Waals surface area contributed by atoms with E-state index < -0.39 is 5.82 Å². The molecule has 3 aromatic rings. The highest BCUT2D eigenvalue weighted by molar-refractivity contribution is 9.11. The van der Waals surface area contributed by atoms with Crippen LogP contribution in [0.3, 0.4) is 0 Å². The molecule has 2 N–H and O–H groups in total. The topological polar surface area (TPSA) is 66.9 Å². The van der Waals surface area contributed by atoms with Crippen molar-refractivity contribution in [3.8, 4) is 11.3 Å². The first-order valence-electron chi connectivity index (χ1n) is 11.4. The molecule has 2 heterocycles. The number of allylic oxidation sites excluding steroid dienone is 5. The minimum atomic E-state index is -0.487. The summed E-state index contributed by atoms with van der Waals surface area (Å²) in [5.74, 6) is 0.257. The largest absolute Gasteiger partial charge is 0.382 e. The average molecular weight is 575 g/mol. The molecule has 0 saturated heterocycles. The first-order chi connectivity index (χ1) is 18.0. The zero-order valence-corrected chi connectivity index (χ0v) is 22.6. The Morgan fingerprint density at radius 2 is 1.97 bits per heavy atom. The molecule has 0 bridgehead atoms. The minimum absolute atomic E-state index is 0.232. The van der Waals surface area contributed by atoms with Crippen LogP contribution in [0, 0.1) is 5.82 Å². The van der Waals surface area contributed by atoms with Crippen LogP contribution in [0.4, 0.5) is 4.39 Å². The number of benzene rings is 2. The standard InChI is InChI=1S/C29H25BrFN5S/c1-3-8-22(30)11-7-18-37-19-36-17-16-34-29(32)28(36)27(33-2)23-14-12-21-13-15-24(35-26(21)25(23)31)20-9-5-4-6-10-20/h3-18H,2,19H2,1H3,(H2,32,34)/b8-3-,18-7+,22-11+,28-27-. The van der Waals surface area contributed by atoms with Crippen molar-refractivity contribution in [2.45, 2.75) is 6.92 Å². The molecule has 0 saturated carbocycles. The highest BCUT2D eigenvalue weighted by Gasteiger charge is 2.23. The molecule has 1 aromatic heterocycles. The third-order valence-electron chi connectivity index (χ3n) is 5.47. The molecule has 0 atom stereocenters. The van der Waals surface area contributed by atoms with Crippen LogP contribution in [0.25, 0.3) is 27.9 Å². The van der Waals surface area contributed by atoms with E-state index in [1.54, 1.807) is 30.2 Å². The maximum absolute atomic E-state index is 16.0. The van der Waals surface area contributed by atoms with Crippen LogP contribution in [0.1, 0.15) is 12.5 Å². The van der Waals surface area contributed by atoms with Crippen LogP contribution in [0.5, 0.6) is 0 Å². The van der Waals surface area contributed by atoms with Crippen LogP contribution in [-0.4, -0.2) is 28.3 Å². The van der Waals surface area contributed by atoms with E-state index in [-0.39, 0.29) is 16.9 Å². The van der Waals surface area contributed by atoms with Crippen molar-refractivity contribution in [1.82, 2.24) is 9.88 Å². The van der Waals surface area contributed by atoms with E-state index in [0.29, 0.717) is 28.4 Å². The Labute approximate surface area is 228 Å². The number of nitrogens with two attached hydrogens (primary N) is 1. The van der Waals surface area contributed by atoms with E-state index in [1.165, 1.54) is 0 Å². The van der Waals surface area contributed by atoms with Gasteiger partial charge in [-0.3, -0.25) is 4.99 Å². The molecular formula is C29H25BrFN5S. The number of hydrogen-bond donors (Lipinski definition) is 1. The molecular weight excluding hydrogens is 549 g/mol. The number of nitrogens with zero attached hydrogens (tertiary/aromatic N) is 4. The second-order valence-electron chi connectivity index (χ2n) is 7.87. The van der Waals surface area contributed by atoms with Gasteiger partial charge in [-0.2, -0.15) is 0 Å². The van der Waals surface area contributed by atoms with Crippen molar-refractivity contribution in [3.63, 3.8) is 0 Å². The maximum Gasteiger partial charge on any atom is 0.158 e. The molecule has 37 heavy (non-hydrogen) atoms. The molecule has 0 spiro atoms. The normalized spacial score (nSPS) is 15.6. The van der Waals surface area contributed by atoms with Gasteiger partial charge in [0.25, 0.3) is 0 Å². The number of hydrogen-bond acceptors (Lipinski definition) is 6. The van der Waals surface area contributed by atoms with Gasteiger partial charge in [0.15, 0.2) is 5.82 Å². The SMILES string of the molecule is C=N/C(=C1/C(N)=NC=CN1CS/C=C/C=C(Br)\C=C/C)c1ccc2ccc(-c3ccccc3)nc2c1F. The summed E-state index contributed by atoms with van der Waals surface area (Å²) in [7, 11) is 0. The van der Waals surface area contributed by atoms with Gasteiger partial charge in [0.1, 0.15) is 17.0 Å². The zero-order valence-electron chi connectivity index (χ0n) is 20.2. The van der Waals surface area contributed by atoms with E-state index in [4.69, 9.17) is 5.73 Å². The Bertz CT molecular complexity index is 1490. The Balaban J connectivity index is 1.71. The molecule has 0 radical (unpaired) electrons. The molecule has 0 fully saturated rings. The first kappa shape index (κ1) is 26.3. The summed E-state index contributed by atoms with van der Waals surface area (Å²) in [5, 5.41) is 2.65. The Kier molecular flexibility index (Phi) is 8.87. The van der Waals surface area contributed by atoms with Gasteiger partial charge in [-0.15, -0.1) is 11.8 Å². The molecule has 0 aliphatic carbocycles. The monoisotopic (exact) mass is 573 g/mol. The molecule has 1 aliphatic rings. The quantitative estimate of drug-likeness (QED) is 0.222. The molecule has 5 nitrogen and oxygen atoms in total. The number of thioether (sulfide) groups is 1. The Hall–Kier alpha value is -3.75. The lowest BCUT2D eigenvalue weighted by molar-refractivity contribution is 0.568. The number of aromatic nitrogens is 1. The first-order valence-corrected chi connectivity index (χ1v) is 13.3. The van der Waals surface area contributed by atoms with Gasteiger partial charge in [0.05, 0.1) is 17.3 Å². The van der Waals surface area contributed by atoms with Crippen LogP contribution >= 0.6 is 27.7 Å². The average Bonchev–Trinajstić information content (AvgIpc) is 2.91. The van der Waals surface area contributed by atoms with Crippen LogP contribution < -0.4 is 5.73 Å². The number of rotatable bonds is 8. The van der Waals surface area contributed by atoms with Crippen LogP contribution in [-0.2, 0) is 0 Å². The summed E-state index contributed by atoms with van der Waals surface area (Å²) < 4.78 is 16.9. The lowest BCUT2D eigenvalue weighted by atomic mass is 10.0.